The summed E-state index contributed by atoms with van der Waals surface area (Å²) in [7, 11) is 0. The Morgan fingerprint density at radius 3 is 2.46 bits per heavy atom. The molecule has 2 N–H and O–H groups in total. The number of aliphatic hydroxyl groups is 1. The Labute approximate surface area is 80.3 Å². The maximum Gasteiger partial charge on any atom is 0.293 e. The van der Waals surface area contributed by atoms with E-state index in [-0.39, 0.29) is 5.41 Å². The van der Waals surface area contributed by atoms with Crippen molar-refractivity contribution in [3.8, 4) is 5.75 Å². The zero-order valence-electron chi connectivity index (χ0n) is 9.24. The van der Waals surface area contributed by atoms with Crippen LogP contribution in [0.2, 0.25) is 0 Å². The van der Waals surface area contributed by atoms with E-state index in [9.17, 15) is 5.11 Å². The monoisotopic (exact) mass is 182 g/mol. The lowest BCUT2D eigenvalue weighted by atomic mass is 9.84. The van der Waals surface area contributed by atoms with Crippen molar-refractivity contribution in [2.75, 3.05) is 0 Å². The van der Waals surface area contributed by atoms with Crippen LogP contribution < -0.4 is 0 Å². The number of aromatic hydroxyl groups is 1. The summed E-state index contributed by atoms with van der Waals surface area (Å²) in [4.78, 5) is 0. The van der Waals surface area contributed by atoms with Crippen molar-refractivity contribution in [3.63, 3.8) is 0 Å². The fraction of sp³-hybridized carbons (Fsp3) is 0.455. The molecule has 0 aliphatic carbocycles. The van der Waals surface area contributed by atoms with E-state index in [1.54, 1.807) is 18.2 Å². The van der Waals surface area contributed by atoms with Gasteiger partial charge in [0.1, 0.15) is 5.75 Å². The molecule has 13 heavy (non-hydrogen) atoms. The Kier molecular flexibility index (Phi) is 2.23. The Morgan fingerprint density at radius 2 is 1.92 bits per heavy atom. The molecule has 0 aliphatic heterocycles. The predicted molar refractivity (Wildman–Crippen MR) is 52.5 cm³/mol. The van der Waals surface area contributed by atoms with E-state index < -0.39 is 6.10 Å². The number of rotatable bonds is 2. The molecule has 1 aromatic carbocycles. The van der Waals surface area contributed by atoms with E-state index in [1.807, 2.05) is 26.8 Å². The van der Waals surface area contributed by atoms with Gasteiger partial charge in [-0.15, -0.1) is 0 Å². The third-order valence-electron chi connectivity index (χ3n) is 2.03. The van der Waals surface area contributed by atoms with Gasteiger partial charge in [-0.1, -0.05) is 39.0 Å². The van der Waals surface area contributed by atoms with Crippen LogP contribution in [0.4, 0.5) is 0 Å². The highest BCUT2D eigenvalue weighted by Gasteiger charge is 2.25. The van der Waals surface area contributed by atoms with E-state index in [2.05, 4.69) is 5.11 Å². The van der Waals surface area contributed by atoms with E-state index in [1.165, 1.54) is 0 Å². The van der Waals surface area contributed by atoms with Crippen LogP contribution in [0, 0.1) is 5.41 Å². The first-order valence-electron chi connectivity index (χ1n) is 4.78. The zero-order chi connectivity index (χ0) is 10.8. The number of aliphatic hydroxyl groups excluding tert-OH is 1. The van der Waals surface area contributed by atoms with Crippen LogP contribution in [0.15, 0.2) is 24.3 Å². The summed E-state index contributed by atoms with van der Waals surface area (Å²) in [5, 5.41) is 14.5. The number of phenols is 1. The SMILES string of the molecule is [3H]Oc1ccccc1C(O)C(C)(C)C. The van der Waals surface area contributed by atoms with Crippen molar-refractivity contribution in [1.29, 1.82) is 1.43 Å². The van der Waals surface area contributed by atoms with Crippen LogP contribution in [0.25, 0.3) is 0 Å². The maximum absolute atomic E-state index is 10.0. The van der Waals surface area contributed by atoms with Crippen molar-refractivity contribution in [2.45, 2.75) is 26.9 Å². The van der Waals surface area contributed by atoms with Gasteiger partial charge in [-0.3, -0.25) is 0 Å². The molecule has 1 unspecified atom stereocenters. The molecular formula is C11H16O2. The van der Waals surface area contributed by atoms with Gasteiger partial charge in [-0.05, 0) is 11.5 Å². The molecule has 0 spiro atoms. The average molecular weight is 182 g/mol. The zero-order valence-corrected chi connectivity index (χ0v) is 8.24. The van der Waals surface area contributed by atoms with Crippen LogP contribution in [0.5, 0.6) is 5.75 Å². The molecule has 72 valence electrons. The number of hydrogen-bond acceptors (Lipinski definition) is 2. The molecule has 0 saturated heterocycles. The summed E-state index contributed by atoms with van der Waals surface area (Å²) in [6, 6.07) is 7.06. The van der Waals surface area contributed by atoms with Crippen molar-refractivity contribution >= 4 is 0 Å². The highest BCUT2D eigenvalue weighted by molar-refractivity contribution is 5.34. The van der Waals surface area contributed by atoms with E-state index in [4.69, 9.17) is 1.43 Å². The third kappa shape index (κ3) is 2.22. The Morgan fingerprint density at radius 1 is 1.31 bits per heavy atom. The quantitative estimate of drug-likeness (QED) is 0.737. The highest BCUT2D eigenvalue weighted by atomic mass is 16.3. The van der Waals surface area contributed by atoms with Gasteiger partial charge < -0.3 is 10.2 Å². The number of benzene rings is 1. The van der Waals surface area contributed by atoms with Gasteiger partial charge in [0.2, 0.25) is 0 Å². The summed E-state index contributed by atoms with van der Waals surface area (Å²) in [6.07, 6.45) is -0.621. The molecule has 1 rings (SSSR count). The lowest BCUT2D eigenvalue weighted by molar-refractivity contribution is 0.0605. The summed E-state index contributed by atoms with van der Waals surface area (Å²) in [5.41, 5.74) is 0.407. The molecule has 0 saturated carbocycles. The van der Waals surface area contributed by atoms with Crippen molar-refractivity contribution < 1.29 is 10.2 Å². The highest BCUT2D eigenvalue weighted by Crippen LogP contribution is 2.36. The minimum Gasteiger partial charge on any atom is -0.508 e. The van der Waals surface area contributed by atoms with Gasteiger partial charge in [0.25, 0.3) is 1.43 Å². The lowest BCUT2D eigenvalue weighted by Crippen LogP contribution is -2.17. The fourth-order valence-corrected chi connectivity index (χ4v) is 1.17. The molecular weight excluding hydrogens is 164 g/mol. The second kappa shape index (κ2) is 3.38. The van der Waals surface area contributed by atoms with Crippen LogP contribution in [-0.4, -0.2) is 11.6 Å². The van der Waals surface area contributed by atoms with Gasteiger partial charge >= 0.3 is 0 Å². The van der Waals surface area contributed by atoms with Crippen LogP contribution in [0.1, 0.15) is 32.4 Å². The first kappa shape index (κ1) is 8.57. The Balaban J connectivity index is 3.06. The van der Waals surface area contributed by atoms with E-state index >= 15 is 0 Å². The molecule has 0 amide bonds. The van der Waals surface area contributed by atoms with Crippen molar-refractivity contribution in [3.05, 3.63) is 29.8 Å². The summed E-state index contributed by atoms with van der Waals surface area (Å²) in [5.74, 6) is 0.412. The van der Waals surface area contributed by atoms with E-state index in [0.717, 1.165) is 0 Å². The molecule has 0 fully saturated rings. The minimum absolute atomic E-state index is 0.255. The number of phenolic OH excluding ortho intramolecular Hbond substituents is 1. The second-order valence-corrected chi connectivity index (χ2v) is 4.31. The Bertz CT molecular complexity index is 304. The molecule has 0 aliphatic rings. The van der Waals surface area contributed by atoms with Crippen LogP contribution >= 0.6 is 0 Å². The molecule has 0 radical (unpaired) electrons. The largest absolute Gasteiger partial charge is 0.508 e. The standard InChI is InChI=1S/C11H16O2/c1-11(2,3)10(13)8-6-4-5-7-9(8)12/h4-7,10,12-13H,1-3H3/i/hT. The molecule has 2 heteroatoms. The topological polar surface area (TPSA) is 40.5 Å². The third-order valence-corrected chi connectivity index (χ3v) is 2.03. The molecule has 0 heterocycles. The molecule has 0 aromatic heterocycles. The number of para-hydroxylation sites is 1. The summed E-state index contributed by atoms with van der Waals surface area (Å²) < 4.78 is 6.87. The smallest absolute Gasteiger partial charge is 0.293 e. The van der Waals surface area contributed by atoms with Gasteiger partial charge in [0, 0.05) is 5.56 Å². The fourth-order valence-electron chi connectivity index (χ4n) is 1.17. The summed E-state index contributed by atoms with van der Waals surface area (Å²) >= 11 is 0. The Hall–Kier alpha value is -1.02. The van der Waals surface area contributed by atoms with Gasteiger partial charge in [-0.2, -0.15) is 0 Å². The molecule has 1 atom stereocenters. The predicted octanol–water partition coefficient (Wildman–Crippen LogP) is 2.47. The van der Waals surface area contributed by atoms with Crippen LogP contribution in [0.3, 0.4) is 0 Å². The maximum atomic E-state index is 10.0. The summed E-state index contributed by atoms with van der Waals surface area (Å²) in [6.45, 7) is 5.83. The average Bonchev–Trinajstić information content (AvgIpc) is 2.15. The second-order valence-electron chi connectivity index (χ2n) is 4.31. The first-order valence-corrected chi connectivity index (χ1v) is 4.37. The first-order chi connectivity index (χ1) is 6.46. The lowest BCUT2D eigenvalue weighted by Gasteiger charge is -2.26. The van der Waals surface area contributed by atoms with Gasteiger partial charge in [0.05, 0.1) is 6.10 Å². The molecule has 0 bridgehead atoms. The normalized spacial score (nSPS) is 14.9. The van der Waals surface area contributed by atoms with Gasteiger partial charge in [0.15, 0.2) is 0 Å². The van der Waals surface area contributed by atoms with E-state index in [0.29, 0.717) is 11.3 Å². The van der Waals surface area contributed by atoms with Gasteiger partial charge in [-0.25, -0.2) is 0 Å². The van der Waals surface area contributed by atoms with Crippen molar-refractivity contribution in [2.24, 2.45) is 5.41 Å². The molecule has 2 nitrogen and oxygen atoms in total. The van der Waals surface area contributed by atoms with Crippen LogP contribution in [-0.2, 0) is 0 Å². The number of hydrogen-bond donors (Lipinski definition) is 2. The van der Waals surface area contributed by atoms with Crippen molar-refractivity contribution in [1.82, 2.24) is 0 Å². The minimum atomic E-state index is -0.621. The molecule has 1 aromatic rings.